The zero-order valence-electron chi connectivity index (χ0n) is 34.1. The van der Waals surface area contributed by atoms with Crippen molar-refractivity contribution in [2.45, 2.75) is 66.2 Å². The van der Waals surface area contributed by atoms with Gasteiger partial charge in [0.2, 0.25) is 11.4 Å². The molecule has 0 saturated carbocycles. The van der Waals surface area contributed by atoms with Crippen molar-refractivity contribution in [3.05, 3.63) is 175 Å². The number of hydrogen-bond donors (Lipinski definition) is 0. The van der Waals surface area contributed by atoms with Crippen molar-refractivity contribution >= 4 is 44.6 Å². The second kappa shape index (κ2) is 12.2. The second-order valence-corrected chi connectivity index (χ2v) is 18.0. The van der Waals surface area contributed by atoms with Crippen LogP contribution >= 0.6 is 0 Å². The van der Waals surface area contributed by atoms with E-state index in [0.717, 1.165) is 34.0 Å². The van der Waals surface area contributed by atoms with Crippen LogP contribution in [0.5, 0.6) is 11.5 Å². The minimum Gasteiger partial charge on any atom is -0.457 e. The average molecular weight is 746 g/mol. The van der Waals surface area contributed by atoms with E-state index >= 15 is 0 Å². The first-order valence-corrected chi connectivity index (χ1v) is 20.1. The molecule has 0 amide bonds. The van der Waals surface area contributed by atoms with Crippen LogP contribution in [0.25, 0.3) is 38.8 Å². The lowest BCUT2D eigenvalue weighted by atomic mass is 9.82. The fourth-order valence-corrected chi connectivity index (χ4v) is 9.34. The molecule has 8 aromatic rings. The topological polar surface area (TPSA) is 27.1 Å². The van der Waals surface area contributed by atoms with Gasteiger partial charge in [-0.05, 0) is 94.5 Å². The van der Waals surface area contributed by atoms with Crippen LogP contribution in [0.3, 0.4) is 0 Å². The SMILES string of the molecule is Cc1cc(C(C)(C)C)cc(C)c1-c1cccc([N@+]23[CH-][N+]2(c2cccc(Oc4ccc5c6ccccc6n(-c6cc(C(C)(C)C)ccn6)c5c4)c2)c2ccccc23)c1. The highest BCUT2D eigenvalue weighted by molar-refractivity contribution is 6.09. The Morgan fingerprint density at radius 3 is 1.86 bits per heavy atom. The number of pyridine rings is 1. The number of hydrogen-bond acceptors (Lipinski definition) is 2. The smallest absolute Gasteiger partial charge is 0.225 e. The van der Waals surface area contributed by atoms with Crippen LogP contribution in [0.15, 0.2) is 146 Å². The number of aryl methyl sites for hydroxylation is 2. The molecule has 2 aliphatic heterocycles. The van der Waals surface area contributed by atoms with Crippen LogP contribution in [0.2, 0.25) is 0 Å². The number of para-hydroxylation sites is 3. The monoisotopic (exact) mass is 745 g/mol. The predicted octanol–water partition coefficient (Wildman–Crippen LogP) is 14.2. The van der Waals surface area contributed by atoms with Crippen molar-refractivity contribution in [2.24, 2.45) is 0 Å². The summed E-state index contributed by atoms with van der Waals surface area (Å²) in [5, 5.41) is 2.36. The average Bonchev–Trinajstić information content (AvgIpc) is 3.68. The van der Waals surface area contributed by atoms with Crippen LogP contribution in [-0.4, -0.2) is 9.55 Å². The van der Waals surface area contributed by atoms with Crippen molar-refractivity contribution in [1.29, 1.82) is 0 Å². The molecule has 10 rings (SSSR count). The Hall–Kier alpha value is -6.01. The fourth-order valence-electron chi connectivity index (χ4n) is 9.34. The maximum absolute atomic E-state index is 6.77. The first-order valence-electron chi connectivity index (χ1n) is 20.1. The maximum atomic E-state index is 6.77. The van der Waals surface area contributed by atoms with E-state index in [1.54, 1.807) is 0 Å². The first-order chi connectivity index (χ1) is 27.3. The molecule has 1 unspecified atom stereocenters. The van der Waals surface area contributed by atoms with Gasteiger partial charge in [-0.1, -0.05) is 102 Å². The highest BCUT2D eigenvalue weighted by Crippen LogP contribution is 2.75. The summed E-state index contributed by atoms with van der Waals surface area (Å²) in [6.07, 6.45) is 1.93. The Morgan fingerprint density at radius 2 is 1.16 bits per heavy atom. The van der Waals surface area contributed by atoms with Crippen molar-refractivity contribution < 1.29 is 4.74 Å². The third-order valence-corrected chi connectivity index (χ3v) is 12.3. The number of nitrogens with zero attached hydrogens (tertiary/aromatic N) is 4. The zero-order chi connectivity index (χ0) is 39.5. The van der Waals surface area contributed by atoms with Crippen LogP contribution in [-0.2, 0) is 10.8 Å². The summed E-state index contributed by atoms with van der Waals surface area (Å²) in [4.78, 5) is 4.88. The molecule has 6 aromatic carbocycles. The van der Waals surface area contributed by atoms with Crippen LogP contribution in [0.1, 0.15) is 63.8 Å². The Morgan fingerprint density at radius 1 is 0.544 bits per heavy atom. The molecule has 0 spiro atoms. The molecular formula is C52H49N4O+. The lowest BCUT2D eigenvalue weighted by molar-refractivity contribution is 0.424. The minimum absolute atomic E-state index is 0.00321. The summed E-state index contributed by atoms with van der Waals surface area (Å²) in [5.41, 5.74) is 15.1. The van der Waals surface area contributed by atoms with E-state index in [4.69, 9.17) is 9.72 Å². The van der Waals surface area contributed by atoms with Crippen LogP contribution in [0, 0.1) is 20.5 Å². The van der Waals surface area contributed by atoms with Crippen LogP contribution < -0.4 is 13.9 Å². The Balaban J connectivity index is 1.03. The molecule has 282 valence electrons. The van der Waals surface area contributed by atoms with Crippen molar-refractivity contribution in [1.82, 2.24) is 18.7 Å². The largest absolute Gasteiger partial charge is 0.457 e. The van der Waals surface area contributed by atoms with Gasteiger partial charge in [-0.2, -0.15) is 9.18 Å². The lowest BCUT2D eigenvalue weighted by Crippen LogP contribution is -2.46. The number of rotatable bonds is 6. The van der Waals surface area contributed by atoms with Crippen LogP contribution in [0.4, 0.5) is 22.7 Å². The Kier molecular flexibility index (Phi) is 7.61. The van der Waals surface area contributed by atoms with Gasteiger partial charge < -0.3 is 4.74 Å². The van der Waals surface area contributed by atoms with Crippen molar-refractivity contribution in [2.75, 3.05) is 0 Å². The molecule has 57 heavy (non-hydrogen) atoms. The molecule has 0 radical (unpaired) electrons. The van der Waals surface area contributed by atoms with E-state index in [2.05, 4.69) is 206 Å². The van der Waals surface area contributed by atoms with E-state index in [9.17, 15) is 0 Å². The summed E-state index contributed by atoms with van der Waals surface area (Å²) in [5.74, 6) is 2.49. The molecule has 1 fully saturated rings. The third kappa shape index (κ3) is 5.26. The van der Waals surface area contributed by atoms with E-state index in [-0.39, 0.29) is 10.8 Å². The van der Waals surface area contributed by atoms with Gasteiger partial charge in [0.05, 0.1) is 11.0 Å². The standard InChI is InChI=1S/C52H49N4O/c1-34-27-38(52(6,7)8)28-35(2)50(34)36-15-13-16-39(29-36)55-33-56(55,48-22-12-11-21-47(48)55)40-17-14-18-41(31-40)57-42-23-24-44-43-19-9-10-20-45(43)54(46(44)32-42)49-30-37(25-26-53-49)51(3,4)5/h9-33H,1-8H3/q+1/t55-,56?/m0/s1. The number of ether oxygens (including phenoxy) is 1. The van der Waals surface area contributed by atoms with Crippen molar-refractivity contribution in [3.8, 4) is 28.4 Å². The van der Waals surface area contributed by atoms with Gasteiger partial charge in [0, 0.05) is 59.4 Å². The normalized spacial score (nSPS) is 18.6. The molecule has 0 bridgehead atoms. The molecule has 0 N–H and O–H groups in total. The summed E-state index contributed by atoms with van der Waals surface area (Å²) in [6, 6.07) is 50.7. The Bertz CT molecular complexity index is 2900. The molecule has 2 aromatic heterocycles. The van der Waals surface area contributed by atoms with Gasteiger partial charge in [0.15, 0.2) is 18.0 Å². The molecule has 0 aliphatic carbocycles. The highest BCUT2D eigenvalue weighted by atomic mass is 16.5. The van der Waals surface area contributed by atoms with E-state index in [0.29, 0.717) is 9.18 Å². The second-order valence-electron chi connectivity index (χ2n) is 18.0. The molecular weight excluding hydrogens is 697 g/mol. The predicted molar refractivity (Wildman–Crippen MR) is 237 cm³/mol. The van der Waals surface area contributed by atoms with Gasteiger partial charge in [0.25, 0.3) is 0 Å². The summed E-state index contributed by atoms with van der Waals surface area (Å²) in [7, 11) is 0. The van der Waals surface area contributed by atoms with Gasteiger partial charge in [-0.15, -0.1) is 0 Å². The summed E-state index contributed by atoms with van der Waals surface area (Å²) < 4.78 is 10.3. The zero-order valence-corrected chi connectivity index (χ0v) is 34.1. The third-order valence-electron chi connectivity index (χ3n) is 12.3. The molecule has 2 aliphatic rings. The molecule has 5 heteroatoms. The number of fused-ring (bicyclic) bond motifs is 7. The van der Waals surface area contributed by atoms with Gasteiger partial charge in [0.1, 0.15) is 17.3 Å². The molecule has 2 atom stereocenters. The number of quaternary nitrogens is 2. The quantitative estimate of drug-likeness (QED) is 0.0963. The van der Waals surface area contributed by atoms with Gasteiger partial charge in [-0.3, -0.25) is 4.57 Å². The molecule has 4 heterocycles. The minimum atomic E-state index is 0.00321. The van der Waals surface area contributed by atoms with E-state index in [1.165, 1.54) is 61.2 Å². The number of aromatic nitrogens is 2. The molecule has 5 nitrogen and oxygen atoms in total. The first kappa shape index (κ1) is 35.4. The highest BCUT2D eigenvalue weighted by Gasteiger charge is 2.77. The number of benzene rings is 6. The van der Waals surface area contributed by atoms with Gasteiger partial charge >= 0.3 is 0 Å². The Labute approximate surface area is 336 Å². The van der Waals surface area contributed by atoms with Crippen molar-refractivity contribution in [3.63, 3.8) is 0 Å². The lowest BCUT2D eigenvalue weighted by Gasteiger charge is -2.40. The summed E-state index contributed by atoms with van der Waals surface area (Å²) >= 11 is 0. The fraction of sp³-hybridized carbons (Fsp3) is 0.192. The van der Waals surface area contributed by atoms with E-state index < -0.39 is 0 Å². The summed E-state index contributed by atoms with van der Waals surface area (Å²) in [6.45, 7) is 20.5. The van der Waals surface area contributed by atoms with Gasteiger partial charge in [-0.25, -0.2) is 4.98 Å². The molecule has 1 saturated heterocycles. The maximum Gasteiger partial charge on any atom is 0.225 e. The van der Waals surface area contributed by atoms with E-state index in [1.807, 2.05) is 6.20 Å².